The first-order valence-corrected chi connectivity index (χ1v) is 11.4. The fourth-order valence-corrected chi connectivity index (χ4v) is 5.73. The summed E-state index contributed by atoms with van der Waals surface area (Å²) in [6.07, 6.45) is 0.671. The predicted molar refractivity (Wildman–Crippen MR) is 107 cm³/mol. The average molecular weight is 415 g/mol. The molecule has 1 atom stereocenters. The van der Waals surface area contributed by atoms with Crippen LogP contribution in [-0.2, 0) is 16.5 Å². The molecule has 1 fully saturated rings. The number of hydrogen-bond acceptors (Lipinski definition) is 8. The van der Waals surface area contributed by atoms with Gasteiger partial charge in [-0.25, -0.2) is 13.1 Å². The minimum atomic E-state index is -2.91. The number of methoxy groups -OCH3 is 1. The molecule has 26 heavy (non-hydrogen) atoms. The van der Waals surface area contributed by atoms with Gasteiger partial charge < -0.3 is 10.1 Å². The minimum Gasteiger partial charge on any atom is -0.497 e. The van der Waals surface area contributed by atoms with Crippen molar-refractivity contribution in [3.05, 3.63) is 28.2 Å². The number of sulfone groups is 1. The first-order chi connectivity index (χ1) is 12.4. The molecule has 0 aliphatic carbocycles. The van der Waals surface area contributed by atoms with Crippen LogP contribution in [0.4, 0.5) is 10.8 Å². The molecule has 7 nitrogen and oxygen atoms in total. The maximum absolute atomic E-state index is 11.7. The fourth-order valence-electron chi connectivity index (χ4n) is 2.95. The third kappa shape index (κ3) is 4.61. The van der Waals surface area contributed by atoms with Gasteiger partial charge in [0, 0.05) is 11.7 Å². The Hall–Kier alpha value is -1.49. The summed E-state index contributed by atoms with van der Waals surface area (Å²) in [6.45, 7) is 3.27. The third-order valence-electron chi connectivity index (χ3n) is 4.39. The number of hydrogen-bond donors (Lipinski definition) is 1. The lowest BCUT2D eigenvalue weighted by atomic mass is 10.2. The quantitative estimate of drug-likeness (QED) is 0.698. The number of aromatic nitrogens is 2. The van der Waals surface area contributed by atoms with Crippen LogP contribution in [0.5, 0.6) is 5.75 Å². The highest BCUT2D eigenvalue weighted by molar-refractivity contribution is 7.91. The molecular formula is C16H22N4O3S3. The van der Waals surface area contributed by atoms with E-state index in [1.165, 1.54) is 11.3 Å². The van der Waals surface area contributed by atoms with Gasteiger partial charge >= 0.3 is 0 Å². The molecule has 0 unspecified atom stereocenters. The second-order valence-electron chi connectivity index (χ2n) is 6.13. The molecule has 1 aromatic heterocycles. The van der Waals surface area contributed by atoms with E-state index in [-0.39, 0.29) is 17.5 Å². The SMILES string of the molecule is CCN(Cn1nc(Nc2ccc(OC)cc2)sc1=S)[C@@H]1CCS(=O)(=O)C1. The zero-order valence-electron chi connectivity index (χ0n) is 14.7. The van der Waals surface area contributed by atoms with Gasteiger partial charge in [0.05, 0.1) is 25.3 Å². The fraction of sp³-hybridized carbons (Fsp3) is 0.500. The Morgan fingerprint density at radius 3 is 2.73 bits per heavy atom. The van der Waals surface area contributed by atoms with E-state index in [0.717, 1.165) is 18.0 Å². The summed E-state index contributed by atoms with van der Waals surface area (Å²) < 4.78 is 31.0. The van der Waals surface area contributed by atoms with Crippen molar-refractivity contribution in [3.63, 3.8) is 0 Å². The summed E-state index contributed by atoms with van der Waals surface area (Å²) in [5, 5.41) is 8.48. The molecular weight excluding hydrogens is 392 g/mol. The van der Waals surface area contributed by atoms with E-state index < -0.39 is 9.84 Å². The van der Waals surface area contributed by atoms with Crippen LogP contribution in [0.2, 0.25) is 0 Å². The van der Waals surface area contributed by atoms with Crippen molar-refractivity contribution in [3.8, 4) is 5.75 Å². The predicted octanol–water partition coefficient (Wildman–Crippen LogP) is 2.89. The second-order valence-corrected chi connectivity index (χ2v) is 9.98. The number of benzene rings is 1. The maximum Gasteiger partial charge on any atom is 0.209 e. The zero-order valence-corrected chi connectivity index (χ0v) is 17.2. The summed E-state index contributed by atoms with van der Waals surface area (Å²) in [4.78, 5) is 2.12. The van der Waals surface area contributed by atoms with Gasteiger partial charge in [0.2, 0.25) is 5.13 Å². The Kier molecular flexibility index (Phi) is 5.96. The molecule has 3 rings (SSSR count). The molecule has 0 bridgehead atoms. The van der Waals surface area contributed by atoms with Crippen LogP contribution in [0.1, 0.15) is 13.3 Å². The lowest BCUT2D eigenvalue weighted by Crippen LogP contribution is -2.37. The molecule has 2 heterocycles. The molecule has 1 aromatic carbocycles. The Bertz CT molecular complexity index is 906. The van der Waals surface area contributed by atoms with E-state index in [1.54, 1.807) is 11.8 Å². The van der Waals surface area contributed by atoms with Gasteiger partial charge in [0.15, 0.2) is 13.8 Å². The van der Waals surface area contributed by atoms with Crippen molar-refractivity contribution in [2.75, 3.05) is 30.5 Å². The normalized spacial score (nSPS) is 19.0. The largest absolute Gasteiger partial charge is 0.497 e. The molecule has 2 aromatic rings. The number of ether oxygens (including phenoxy) is 1. The van der Waals surface area contributed by atoms with Crippen LogP contribution >= 0.6 is 23.6 Å². The molecule has 0 radical (unpaired) electrons. The van der Waals surface area contributed by atoms with Gasteiger partial charge in [-0.1, -0.05) is 18.3 Å². The molecule has 10 heteroatoms. The highest BCUT2D eigenvalue weighted by Crippen LogP contribution is 2.24. The molecule has 1 saturated heterocycles. The molecule has 0 saturated carbocycles. The summed E-state index contributed by atoms with van der Waals surface area (Å²) in [5.74, 6) is 1.27. The standard InChI is InChI=1S/C16H22N4O3S3/c1-3-19(13-8-9-26(21,22)10-13)11-20-16(24)25-15(18-20)17-12-4-6-14(23-2)7-5-12/h4-7,13H,3,8-11H2,1-2H3,(H,17,18)/t13-/m1/s1. The molecule has 1 aliphatic heterocycles. The van der Waals surface area contributed by atoms with Crippen LogP contribution in [-0.4, -0.2) is 54.3 Å². The Morgan fingerprint density at radius 2 is 2.15 bits per heavy atom. The van der Waals surface area contributed by atoms with Crippen molar-refractivity contribution in [1.29, 1.82) is 0 Å². The van der Waals surface area contributed by atoms with Gasteiger partial charge in [-0.05, 0) is 49.4 Å². The van der Waals surface area contributed by atoms with Gasteiger partial charge in [0.25, 0.3) is 0 Å². The van der Waals surface area contributed by atoms with Crippen molar-refractivity contribution in [2.24, 2.45) is 0 Å². The monoisotopic (exact) mass is 414 g/mol. The van der Waals surface area contributed by atoms with Crippen molar-refractivity contribution < 1.29 is 13.2 Å². The van der Waals surface area contributed by atoms with Crippen molar-refractivity contribution >= 4 is 44.2 Å². The Morgan fingerprint density at radius 1 is 1.42 bits per heavy atom. The number of rotatable bonds is 7. The zero-order chi connectivity index (χ0) is 18.7. The molecule has 0 spiro atoms. The number of nitrogens with one attached hydrogen (secondary N) is 1. The van der Waals surface area contributed by atoms with Gasteiger partial charge in [0.1, 0.15) is 5.75 Å². The number of nitrogens with zero attached hydrogens (tertiary/aromatic N) is 3. The highest BCUT2D eigenvalue weighted by Gasteiger charge is 2.31. The van der Waals surface area contributed by atoms with E-state index in [9.17, 15) is 8.42 Å². The first kappa shape index (κ1) is 19.3. The van der Waals surface area contributed by atoms with Crippen molar-refractivity contribution in [1.82, 2.24) is 14.7 Å². The molecule has 1 N–H and O–H groups in total. The molecule has 0 amide bonds. The Balaban J connectivity index is 1.69. The topological polar surface area (TPSA) is 76.5 Å². The van der Waals surface area contributed by atoms with E-state index in [2.05, 4.69) is 15.3 Å². The van der Waals surface area contributed by atoms with Crippen LogP contribution in [0.15, 0.2) is 24.3 Å². The van der Waals surface area contributed by atoms with E-state index >= 15 is 0 Å². The second kappa shape index (κ2) is 8.03. The number of anilines is 2. The maximum atomic E-state index is 11.7. The van der Waals surface area contributed by atoms with Gasteiger partial charge in [-0.15, -0.1) is 5.10 Å². The third-order valence-corrected chi connectivity index (χ3v) is 7.37. The van der Waals surface area contributed by atoms with Crippen LogP contribution < -0.4 is 10.1 Å². The van der Waals surface area contributed by atoms with E-state index in [0.29, 0.717) is 22.2 Å². The lowest BCUT2D eigenvalue weighted by Gasteiger charge is -2.25. The van der Waals surface area contributed by atoms with Gasteiger partial charge in [-0.2, -0.15) is 0 Å². The van der Waals surface area contributed by atoms with Crippen molar-refractivity contribution in [2.45, 2.75) is 26.1 Å². The molecule has 142 valence electrons. The highest BCUT2D eigenvalue weighted by atomic mass is 32.2. The summed E-state index contributed by atoms with van der Waals surface area (Å²) >= 11 is 6.82. The van der Waals surface area contributed by atoms with E-state index in [1.807, 2.05) is 31.2 Å². The van der Waals surface area contributed by atoms with Crippen LogP contribution in [0.25, 0.3) is 0 Å². The summed E-state index contributed by atoms with van der Waals surface area (Å²) in [6, 6.07) is 7.60. The summed E-state index contributed by atoms with van der Waals surface area (Å²) in [7, 11) is -1.28. The summed E-state index contributed by atoms with van der Waals surface area (Å²) in [5.41, 5.74) is 0.899. The smallest absolute Gasteiger partial charge is 0.209 e. The van der Waals surface area contributed by atoms with Crippen LogP contribution in [0, 0.1) is 3.95 Å². The Labute approximate surface area is 162 Å². The first-order valence-electron chi connectivity index (χ1n) is 8.33. The van der Waals surface area contributed by atoms with E-state index in [4.69, 9.17) is 17.0 Å². The average Bonchev–Trinajstić information content (AvgIpc) is 3.15. The van der Waals surface area contributed by atoms with Gasteiger partial charge in [-0.3, -0.25) is 4.90 Å². The van der Waals surface area contributed by atoms with Crippen LogP contribution in [0.3, 0.4) is 0 Å². The molecule has 1 aliphatic rings. The lowest BCUT2D eigenvalue weighted by molar-refractivity contribution is 0.165. The minimum absolute atomic E-state index is 0.0339.